The number of nitrogens with zero attached hydrogens (tertiary/aromatic N) is 1. The summed E-state index contributed by atoms with van der Waals surface area (Å²) in [5, 5.41) is 0. The molecule has 2 amide bonds. The van der Waals surface area contributed by atoms with Crippen LogP contribution in [0.15, 0.2) is 40.9 Å². The molecule has 5 rings (SSSR count). The van der Waals surface area contributed by atoms with E-state index < -0.39 is 29.8 Å². The van der Waals surface area contributed by atoms with Crippen LogP contribution in [-0.4, -0.2) is 43.0 Å². The lowest BCUT2D eigenvalue weighted by Gasteiger charge is -2.32. The van der Waals surface area contributed by atoms with Crippen LogP contribution in [0.5, 0.6) is 0 Å². The third kappa shape index (κ3) is 1.70. The fourth-order valence-electron chi connectivity index (χ4n) is 4.20. The van der Waals surface area contributed by atoms with Crippen LogP contribution in [0.2, 0.25) is 0 Å². The molecule has 24 heavy (non-hydrogen) atoms. The van der Waals surface area contributed by atoms with E-state index in [1.807, 2.05) is 24.3 Å². The Kier molecular flexibility index (Phi) is 3.07. The number of anilines is 1. The van der Waals surface area contributed by atoms with Crippen LogP contribution in [0.1, 0.15) is 0 Å². The standard InChI is InChI=1S/C17H14BrNO5/c18-9-3-1-2-4-10(9)19-14(20)12-11-5-6-17(24-11,13(12)15(19)21)16-22-7-8-23-16/h1-6,11-13,16H,7-8H2/t11-,12-,13+,17-/m1/s1. The van der Waals surface area contributed by atoms with Gasteiger partial charge in [0.1, 0.15) is 0 Å². The summed E-state index contributed by atoms with van der Waals surface area (Å²) in [7, 11) is 0. The van der Waals surface area contributed by atoms with Crippen molar-refractivity contribution in [3.8, 4) is 0 Å². The number of ether oxygens (including phenoxy) is 3. The molecule has 4 aliphatic rings. The Bertz CT molecular complexity index is 774. The normalized spacial score (nSPS) is 37.7. The number of rotatable bonds is 2. The molecule has 0 N–H and O–H groups in total. The maximum absolute atomic E-state index is 13.2. The van der Waals surface area contributed by atoms with Crippen LogP contribution < -0.4 is 4.90 Å². The van der Waals surface area contributed by atoms with E-state index in [1.165, 1.54) is 4.90 Å². The second-order valence-electron chi connectivity index (χ2n) is 6.34. The van der Waals surface area contributed by atoms with Gasteiger partial charge in [0.05, 0.1) is 36.8 Å². The van der Waals surface area contributed by atoms with Crippen molar-refractivity contribution in [2.75, 3.05) is 18.1 Å². The van der Waals surface area contributed by atoms with Gasteiger partial charge in [-0.25, -0.2) is 4.90 Å². The predicted molar refractivity (Wildman–Crippen MR) is 86.1 cm³/mol. The topological polar surface area (TPSA) is 65.1 Å². The van der Waals surface area contributed by atoms with Crippen molar-refractivity contribution in [3.63, 3.8) is 0 Å². The molecule has 0 unspecified atom stereocenters. The molecule has 0 aliphatic carbocycles. The third-order valence-electron chi connectivity index (χ3n) is 5.16. The first-order valence-corrected chi connectivity index (χ1v) is 8.65. The molecule has 0 spiro atoms. The SMILES string of the molecule is O=C1[C@H]2[C@@H](C(=O)N1c1ccccc1Br)[C@@]1(C3OCCO3)C=C[C@H]2O1. The fraction of sp³-hybridized carbons (Fsp3) is 0.412. The van der Waals surface area contributed by atoms with Crippen LogP contribution in [0.4, 0.5) is 5.69 Å². The first kappa shape index (κ1) is 14.8. The van der Waals surface area contributed by atoms with Gasteiger partial charge in [-0.3, -0.25) is 9.59 Å². The van der Waals surface area contributed by atoms with Gasteiger partial charge in [-0.2, -0.15) is 0 Å². The molecular weight excluding hydrogens is 378 g/mol. The van der Waals surface area contributed by atoms with Crippen molar-refractivity contribution in [2.24, 2.45) is 11.8 Å². The Hall–Kier alpha value is -1.54. The van der Waals surface area contributed by atoms with Gasteiger partial charge >= 0.3 is 0 Å². The van der Waals surface area contributed by atoms with Gasteiger partial charge in [0, 0.05) is 4.47 Å². The van der Waals surface area contributed by atoms with Crippen molar-refractivity contribution in [1.29, 1.82) is 0 Å². The molecule has 7 heteroatoms. The minimum atomic E-state index is -1.01. The molecule has 1 aromatic carbocycles. The van der Waals surface area contributed by atoms with E-state index in [0.29, 0.717) is 23.4 Å². The molecule has 3 saturated heterocycles. The van der Waals surface area contributed by atoms with Gasteiger partial charge in [-0.15, -0.1) is 0 Å². The predicted octanol–water partition coefficient (Wildman–Crippen LogP) is 1.64. The number of fused-ring (bicyclic) bond motifs is 5. The maximum Gasteiger partial charge on any atom is 0.241 e. The number of imide groups is 1. The summed E-state index contributed by atoms with van der Waals surface area (Å²) in [5.41, 5.74) is -0.445. The largest absolute Gasteiger partial charge is 0.357 e. The Balaban J connectivity index is 1.59. The number of carbonyl (C=O) groups excluding carboxylic acids is 2. The van der Waals surface area contributed by atoms with Crippen LogP contribution in [-0.2, 0) is 23.8 Å². The van der Waals surface area contributed by atoms with E-state index in [9.17, 15) is 9.59 Å². The smallest absolute Gasteiger partial charge is 0.241 e. The Morgan fingerprint density at radius 2 is 1.88 bits per heavy atom. The molecule has 4 atom stereocenters. The average molecular weight is 392 g/mol. The van der Waals surface area contributed by atoms with E-state index in [1.54, 1.807) is 12.1 Å². The van der Waals surface area contributed by atoms with Crippen LogP contribution in [0, 0.1) is 11.8 Å². The van der Waals surface area contributed by atoms with E-state index in [4.69, 9.17) is 14.2 Å². The first-order chi connectivity index (χ1) is 11.6. The Morgan fingerprint density at radius 1 is 1.12 bits per heavy atom. The lowest BCUT2D eigenvalue weighted by Crippen LogP contribution is -2.49. The van der Waals surface area contributed by atoms with Gasteiger partial charge in [-0.05, 0) is 34.1 Å². The summed E-state index contributed by atoms with van der Waals surface area (Å²) in [6.07, 6.45) is 2.63. The van der Waals surface area contributed by atoms with E-state index >= 15 is 0 Å². The maximum atomic E-state index is 13.2. The highest BCUT2D eigenvalue weighted by molar-refractivity contribution is 9.10. The van der Waals surface area contributed by atoms with Gasteiger partial charge in [0.25, 0.3) is 0 Å². The second kappa shape index (κ2) is 4.98. The van der Waals surface area contributed by atoms with E-state index in [-0.39, 0.29) is 11.8 Å². The van der Waals surface area contributed by atoms with E-state index in [0.717, 1.165) is 0 Å². The van der Waals surface area contributed by atoms with Gasteiger partial charge in [0.15, 0.2) is 11.9 Å². The molecule has 3 fully saturated rings. The molecule has 6 nitrogen and oxygen atoms in total. The highest BCUT2D eigenvalue weighted by Crippen LogP contribution is 2.55. The molecule has 0 aromatic heterocycles. The summed E-state index contributed by atoms with van der Waals surface area (Å²) in [5.74, 6) is -1.63. The van der Waals surface area contributed by atoms with Crippen LogP contribution in [0.25, 0.3) is 0 Å². The van der Waals surface area contributed by atoms with Crippen LogP contribution >= 0.6 is 15.9 Å². The quantitative estimate of drug-likeness (QED) is 0.566. The van der Waals surface area contributed by atoms with Crippen molar-refractivity contribution in [2.45, 2.75) is 18.0 Å². The number of hydrogen-bond acceptors (Lipinski definition) is 5. The molecule has 1 aromatic rings. The zero-order chi connectivity index (χ0) is 16.5. The highest BCUT2D eigenvalue weighted by atomic mass is 79.9. The van der Waals surface area contributed by atoms with Crippen molar-refractivity contribution in [3.05, 3.63) is 40.9 Å². The first-order valence-electron chi connectivity index (χ1n) is 7.86. The number of halogens is 1. The summed E-state index contributed by atoms with van der Waals surface area (Å²) < 4.78 is 18.0. The van der Waals surface area contributed by atoms with Crippen molar-refractivity contribution >= 4 is 33.4 Å². The van der Waals surface area contributed by atoms with Crippen molar-refractivity contribution < 1.29 is 23.8 Å². The molecule has 0 radical (unpaired) electrons. The average Bonchev–Trinajstić information content (AvgIpc) is 3.33. The molecule has 2 bridgehead atoms. The number of hydrogen-bond donors (Lipinski definition) is 0. The van der Waals surface area contributed by atoms with E-state index in [2.05, 4.69) is 15.9 Å². The van der Waals surface area contributed by atoms with Crippen LogP contribution in [0.3, 0.4) is 0 Å². The zero-order valence-electron chi connectivity index (χ0n) is 12.6. The summed E-state index contributed by atoms with van der Waals surface area (Å²) >= 11 is 3.42. The Morgan fingerprint density at radius 3 is 2.62 bits per heavy atom. The monoisotopic (exact) mass is 391 g/mol. The number of carbonyl (C=O) groups is 2. The molecular formula is C17H14BrNO5. The minimum Gasteiger partial charge on any atom is -0.357 e. The second-order valence-corrected chi connectivity index (χ2v) is 7.19. The fourth-order valence-corrected chi connectivity index (χ4v) is 4.66. The number of benzene rings is 1. The number of para-hydroxylation sites is 1. The Labute approximate surface area is 146 Å². The summed E-state index contributed by atoms with van der Waals surface area (Å²) in [6.45, 7) is 0.920. The van der Waals surface area contributed by atoms with Crippen molar-refractivity contribution in [1.82, 2.24) is 0 Å². The lowest BCUT2D eigenvalue weighted by molar-refractivity contribution is -0.180. The highest BCUT2D eigenvalue weighted by Gasteiger charge is 2.71. The molecule has 4 aliphatic heterocycles. The minimum absolute atomic E-state index is 0.230. The molecule has 124 valence electrons. The zero-order valence-corrected chi connectivity index (χ0v) is 14.1. The summed E-state index contributed by atoms with van der Waals surface area (Å²) in [6, 6.07) is 7.21. The summed E-state index contributed by atoms with van der Waals surface area (Å²) in [4.78, 5) is 27.4. The third-order valence-corrected chi connectivity index (χ3v) is 5.83. The van der Waals surface area contributed by atoms with Gasteiger partial charge in [0.2, 0.25) is 11.8 Å². The molecule has 0 saturated carbocycles. The number of amides is 2. The molecule has 4 heterocycles. The lowest BCUT2D eigenvalue weighted by atomic mass is 9.76. The van der Waals surface area contributed by atoms with Gasteiger partial charge in [-0.1, -0.05) is 18.2 Å². The van der Waals surface area contributed by atoms with Gasteiger partial charge < -0.3 is 14.2 Å².